The molecule has 13 heavy (non-hydrogen) atoms. The molecule has 0 fully saturated rings. The Bertz CT molecular complexity index is 310. The van der Waals surface area contributed by atoms with Gasteiger partial charge in [0, 0.05) is 10.0 Å². The number of hydrogen-bond acceptors (Lipinski definition) is 1. The van der Waals surface area contributed by atoms with Crippen LogP contribution >= 0.6 is 15.9 Å². The average Bonchev–Trinajstić information content (AvgIpc) is 2.11. The first-order valence-corrected chi connectivity index (χ1v) is 4.85. The first kappa shape index (κ1) is 10.4. The second kappa shape index (κ2) is 5.14. The zero-order valence-corrected chi connectivity index (χ0v) is 8.72. The molecule has 0 radical (unpaired) electrons. The molecular formula is C10H11BrFN. The lowest BCUT2D eigenvalue weighted by atomic mass is 10.2. The van der Waals surface area contributed by atoms with Crippen molar-refractivity contribution in [3.8, 4) is 0 Å². The molecule has 0 unspecified atom stereocenters. The number of rotatable bonds is 3. The number of nitrogens with two attached hydrogens (primary N) is 1. The van der Waals surface area contributed by atoms with Crippen LogP contribution in [0.3, 0.4) is 0 Å². The number of hydrogen-bond donors (Lipinski definition) is 1. The van der Waals surface area contributed by atoms with E-state index in [-0.39, 0.29) is 5.82 Å². The van der Waals surface area contributed by atoms with Gasteiger partial charge in [0.15, 0.2) is 0 Å². The third-order valence-corrected chi connectivity index (χ3v) is 2.08. The minimum atomic E-state index is -0.212. The average molecular weight is 244 g/mol. The van der Waals surface area contributed by atoms with E-state index in [1.165, 1.54) is 6.07 Å². The van der Waals surface area contributed by atoms with Crippen molar-refractivity contribution in [2.75, 3.05) is 6.54 Å². The Hall–Kier alpha value is -0.670. The molecule has 0 spiro atoms. The van der Waals surface area contributed by atoms with Crippen LogP contribution in [0.15, 0.2) is 28.7 Å². The van der Waals surface area contributed by atoms with E-state index in [4.69, 9.17) is 5.73 Å². The fourth-order valence-corrected chi connectivity index (χ4v) is 1.33. The molecule has 1 rings (SSSR count). The summed E-state index contributed by atoms with van der Waals surface area (Å²) < 4.78 is 14.0. The van der Waals surface area contributed by atoms with Gasteiger partial charge in [-0.2, -0.15) is 0 Å². The summed E-state index contributed by atoms with van der Waals surface area (Å²) in [5.41, 5.74) is 5.89. The molecule has 0 aliphatic rings. The second-order valence-corrected chi connectivity index (χ2v) is 3.56. The Morgan fingerprint density at radius 3 is 2.92 bits per heavy atom. The summed E-state index contributed by atoms with van der Waals surface area (Å²) in [5, 5.41) is 0. The molecule has 3 heteroatoms. The summed E-state index contributed by atoms with van der Waals surface area (Å²) in [5.74, 6) is -0.212. The minimum absolute atomic E-state index is 0.212. The molecule has 1 nitrogen and oxygen atoms in total. The lowest BCUT2D eigenvalue weighted by Gasteiger charge is -1.97. The third-order valence-electron chi connectivity index (χ3n) is 1.59. The van der Waals surface area contributed by atoms with Crippen molar-refractivity contribution >= 4 is 22.0 Å². The van der Waals surface area contributed by atoms with Gasteiger partial charge in [0.25, 0.3) is 0 Å². The van der Waals surface area contributed by atoms with Gasteiger partial charge in [0.05, 0.1) is 0 Å². The van der Waals surface area contributed by atoms with E-state index >= 15 is 0 Å². The fraction of sp³-hybridized carbons (Fsp3) is 0.200. The zero-order valence-electron chi connectivity index (χ0n) is 7.13. The summed E-state index contributed by atoms with van der Waals surface area (Å²) in [4.78, 5) is 0. The van der Waals surface area contributed by atoms with E-state index in [1.54, 1.807) is 18.2 Å². The Labute approximate surface area is 85.6 Å². The van der Waals surface area contributed by atoms with Gasteiger partial charge >= 0.3 is 0 Å². The quantitative estimate of drug-likeness (QED) is 0.869. The molecule has 70 valence electrons. The highest BCUT2D eigenvalue weighted by Crippen LogP contribution is 2.16. The largest absolute Gasteiger partial charge is 0.330 e. The van der Waals surface area contributed by atoms with Crippen molar-refractivity contribution in [3.63, 3.8) is 0 Å². The van der Waals surface area contributed by atoms with Gasteiger partial charge in [-0.3, -0.25) is 0 Å². The molecular weight excluding hydrogens is 233 g/mol. The molecule has 2 N–H and O–H groups in total. The molecule has 0 atom stereocenters. The highest BCUT2D eigenvalue weighted by atomic mass is 79.9. The minimum Gasteiger partial charge on any atom is -0.330 e. The molecule has 0 amide bonds. The lowest BCUT2D eigenvalue weighted by molar-refractivity contribution is 0.624. The SMILES string of the molecule is NCCC=Cc1cc(Br)ccc1F. The van der Waals surface area contributed by atoms with Crippen molar-refractivity contribution in [1.29, 1.82) is 0 Å². The van der Waals surface area contributed by atoms with Crippen LogP contribution in [0.4, 0.5) is 4.39 Å². The van der Waals surface area contributed by atoms with E-state index < -0.39 is 0 Å². The standard InChI is InChI=1S/C10H11BrFN/c11-9-4-5-10(12)8(7-9)3-1-2-6-13/h1,3-5,7H,2,6,13H2. The lowest BCUT2D eigenvalue weighted by Crippen LogP contribution is -1.95. The summed E-state index contributed by atoms with van der Waals surface area (Å²) in [6, 6.07) is 4.85. The maximum atomic E-state index is 13.1. The van der Waals surface area contributed by atoms with Gasteiger partial charge in [0.1, 0.15) is 5.82 Å². The fourth-order valence-electron chi connectivity index (χ4n) is 0.949. The van der Waals surface area contributed by atoms with Crippen LogP contribution in [-0.4, -0.2) is 6.54 Å². The van der Waals surface area contributed by atoms with Crippen LogP contribution in [0.1, 0.15) is 12.0 Å². The highest BCUT2D eigenvalue weighted by Gasteiger charge is 1.97. The van der Waals surface area contributed by atoms with E-state index in [1.807, 2.05) is 6.08 Å². The summed E-state index contributed by atoms with van der Waals surface area (Å²) >= 11 is 3.28. The van der Waals surface area contributed by atoms with E-state index in [2.05, 4.69) is 15.9 Å². The smallest absolute Gasteiger partial charge is 0.130 e. The molecule has 0 aromatic heterocycles. The zero-order chi connectivity index (χ0) is 9.68. The molecule has 0 saturated heterocycles. The molecule has 0 aliphatic heterocycles. The van der Waals surface area contributed by atoms with Gasteiger partial charge in [-0.1, -0.05) is 28.1 Å². The molecule has 1 aromatic rings. The third kappa shape index (κ3) is 3.28. The first-order valence-electron chi connectivity index (χ1n) is 4.05. The molecule has 1 aromatic carbocycles. The van der Waals surface area contributed by atoms with Crippen LogP contribution in [-0.2, 0) is 0 Å². The van der Waals surface area contributed by atoms with E-state index in [9.17, 15) is 4.39 Å². The highest BCUT2D eigenvalue weighted by molar-refractivity contribution is 9.10. The Morgan fingerprint density at radius 2 is 2.23 bits per heavy atom. The van der Waals surface area contributed by atoms with Crippen molar-refractivity contribution < 1.29 is 4.39 Å². The second-order valence-electron chi connectivity index (χ2n) is 2.65. The van der Waals surface area contributed by atoms with E-state index in [0.29, 0.717) is 12.1 Å². The Morgan fingerprint density at radius 1 is 1.46 bits per heavy atom. The summed E-state index contributed by atoms with van der Waals surface area (Å²) in [6.45, 7) is 0.589. The Kier molecular flexibility index (Phi) is 4.12. The molecule has 0 saturated carbocycles. The van der Waals surface area contributed by atoms with Gasteiger partial charge in [-0.15, -0.1) is 0 Å². The molecule has 0 aliphatic carbocycles. The monoisotopic (exact) mass is 243 g/mol. The maximum Gasteiger partial charge on any atom is 0.130 e. The van der Waals surface area contributed by atoms with Crippen molar-refractivity contribution in [1.82, 2.24) is 0 Å². The van der Waals surface area contributed by atoms with Gasteiger partial charge < -0.3 is 5.73 Å². The number of halogens is 2. The molecule has 0 heterocycles. The van der Waals surface area contributed by atoms with Crippen LogP contribution in [0.5, 0.6) is 0 Å². The van der Waals surface area contributed by atoms with Crippen molar-refractivity contribution in [2.45, 2.75) is 6.42 Å². The van der Waals surface area contributed by atoms with Crippen molar-refractivity contribution in [3.05, 3.63) is 40.1 Å². The maximum absolute atomic E-state index is 13.1. The van der Waals surface area contributed by atoms with Crippen LogP contribution < -0.4 is 5.73 Å². The Balaban J connectivity index is 2.81. The summed E-state index contributed by atoms with van der Waals surface area (Å²) in [7, 11) is 0. The predicted octanol–water partition coefficient (Wildman–Crippen LogP) is 2.95. The topological polar surface area (TPSA) is 26.0 Å². The van der Waals surface area contributed by atoms with Crippen LogP contribution in [0.25, 0.3) is 6.08 Å². The number of benzene rings is 1. The van der Waals surface area contributed by atoms with Crippen LogP contribution in [0.2, 0.25) is 0 Å². The van der Waals surface area contributed by atoms with Crippen LogP contribution in [0, 0.1) is 5.82 Å². The first-order chi connectivity index (χ1) is 6.24. The predicted molar refractivity (Wildman–Crippen MR) is 56.8 cm³/mol. The molecule has 0 bridgehead atoms. The van der Waals surface area contributed by atoms with Gasteiger partial charge in [0.2, 0.25) is 0 Å². The van der Waals surface area contributed by atoms with E-state index in [0.717, 1.165) is 10.9 Å². The van der Waals surface area contributed by atoms with Crippen molar-refractivity contribution in [2.24, 2.45) is 5.73 Å². The van der Waals surface area contributed by atoms with Gasteiger partial charge in [-0.25, -0.2) is 4.39 Å². The van der Waals surface area contributed by atoms with Gasteiger partial charge in [-0.05, 0) is 31.2 Å². The summed E-state index contributed by atoms with van der Waals surface area (Å²) in [6.07, 6.45) is 4.38. The normalized spacial score (nSPS) is 11.0.